The Hall–Kier alpha value is -2.94. The van der Waals surface area contributed by atoms with Crippen molar-refractivity contribution in [3.8, 4) is 5.75 Å². The predicted molar refractivity (Wildman–Crippen MR) is 109 cm³/mol. The van der Waals surface area contributed by atoms with Gasteiger partial charge in [0.05, 0.1) is 30.9 Å². The number of carbonyl (C=O) groups excluding carboxylic acids is 2. The van der Waals surface area contributed by atoms with Crippen molar-refractivity contribution < 1.29 is 22.7 Å². The molecule has 1 aliphatic rings. The van der Waals surface area contributed by atoms with Crippen LogP contribution in [0.2, 0.25) is 0 Å². The van der Waals surface area contributed by atoms with Crippen LogP contribution in [-0.2, 0) is 16.4 Å². The number of benzene rings is 1. The van der Waals surface area contributed by atoms with Gasteiger partial charge >= 0.3 is 6.03 Å². The summed E-state index contributed by atoms with van der Waals surface area (Å²) in [7, 11) is -1.53. The minimum Gasteiger partial charge on any atom is -0.497 e. The molecule has 1 saturated heterocycles. The molecule has 3 rings (SSSR count). The molecule has 2 amide bonds. The van der Waals surface area contributed by atoms with Crippen molar-refractivity contribution in [2.45, 2.75) is 13.5 Å². The topological polar surface area (TPSA) is 96.9 Å². The Balaban J connectivity index is 1.86. The van der Waals surface area contributed by atoms with E-state index in [4.69, 9.17) is 4.74 Å². The van der Waals surface area contributed by atoms with Crippen LogP contribution < -0.4 is 9.64 Å². The minimum atomic E-state index is -3.09. The molecule has 0 spiro atoms. The third-order valence-corrected chi connectivity index (χ3v) is 6.39. The van der Waals surface area contributed by atoms with Crippen LogP contribution >= 0.6 is 0 Å². The molecule has 0 aliphatic carbocycles. The molecule has 1 fully saturated rings. The molecule has 2 heterocycles. The molecule has 8 nitrogen and oxygen atoms in total. The van der Waals surface area contributed by atoms with Crippen LogP contribution in [0.1, 0.15) is 23.0 Å². The number of carbonyl (C=O) groups is 2. The van der Waals surface area contributed by atoms with Gasteiger partial charge in [-0.15, -0.1) is 0 Å². The van der Waals surface area contributed by atoms with E-state index in [1.54, 1.807) is 48.4 Å². The Morgan fingerprint density at radius 1 is 1.10 bits per heavy atom. The van der Waals surface area contributed by atoms with Gasteiger partial charge in [0, 0.05) is 30.5 Å². The molecule has 29 heavy (non-hydrogen) atoms. The van der Waals surface area contributed by atoms with E-state index in [1.165, 1.54) is 18.0 Å². The highest BCUT2D eigenvalue weighted by atomic mass is 32.2. The van der Waals surface area contributed by atoms with Crippen LogP contribution in [0.15, 0.2) is 42.6 Å². The van der Waals surface area contributed by atoms with Crippen molar-refractivity contribution in [1.29, 1.82) is 0 Å². The van der Waals surface area contributed by atoms with Crippen molar-refractivity contribution in [3.63, 3.8) is 0 Å². The standard InChI is InChI=1S/C20H23N3O5S/c1-15(24)16-3-4-17(21-13-16)14-23(18-5-7-19(28-2)8-6-18)20(25)22-9-11-29(26,27)12-10-22/h3-8,13H,9-12,14H2,1-2H3. The van der Waals surface area contributed by atoms with Crippen LogP contribution in [0.25, 0.3) is 0 Å². The maximum Gasteiger partial charge on any atom is 0.324 e. The number of ether oxygens (including phenoxy) is 1. The second kappa shape index (κ2) is 8.60. The Morgan fingerprint density at radius 2 is 1.76 bits per heavy atom. The van der Waals surface area contributed by atoms with Crippen molar-refractivity contribution in [2.75, 3.05) is 36.6 Å². The van der Waals surface area contributed by atoms with Crippen molar-refractivity contribution >= 4 is 27.3 Å². The zero-order valence-electron chi connectivity index (χ0n) is 16.4. The number of aromatic nitrogens is 1. The minimum absolute atomic E-state index is 0.0409. The van der Waals surface area contributed by atoms with E-state index in [0.29, 0.717) is 22.7 Å². The highest BCUT2D eigenvalue weighted by Gasteiger charge is 2.29. The summed E-state index contributed by atoms with van der Waals surface area (Å²) in [6.45, 7) is 1.97. The van der Waals surface area contributed by atoms with E-state index in [0.717, 1.165) is 0 Å². The van der Waals surface area contributed by atoms with Gasteiger partial charge in [-0.3, -0.25) is 14.7 Å². The van der Waals surface area contributed by atoms with E-state index in [1.807, 2.05) is 0 Å². The van der Waals surface area contributed by atoms with E-state index in [9.17, 15) is 18.0 Å². The molecular weight excluding hydrogens is 394 g/mol. The van der Waals surface area contributed by atoms with Crippen LogP contribution in [0.5, 0.6) is 5.75 Å². The zero-order chi connectivity index (χ0) is 21.0. The number of nitrogens with zero attached hydrogens (tertiary/aromatic N) is 3. The number of amides is 2. The van der Waals surface area contributed by atoms with Gasteiger partial charge in [-0.05, 0) is 43.3 Å². The van der Waals surface area contributed by atoms with Crippen molar-refractivity contribution in [3.05, 3.63) is 53.9 Å². The summed E-state index contributed by atoms with van der Waals surface area (Å²) >= 11 is 0. The largest absolute Gasteiger partial charge is 0.497 e. The maximum absolute atomic E-state index is 13.2. The quantitative estimate of drug-likeness (QED) is 0.692. The number of hydrogen-bond acceptors (Lipinski definition) is 6. The molecule has 9 heteroatoms. The summed E-state index contributed by atoms with van der Waals surface area (Å²) in [5.74, 6) is 0.498. The van der Waals surface area contributed by atoms with Crippen LogP contribution in [0.4, 0.5) is 10.5 Å². The van der Waals surface area contributed by atoms with Gasteiger partial charge in [-0.1, -0.05) is 0 Å². The van der Waals surface area contributed by atoms with E-state index in [2.05, 4.69) is 4.98 Å². The average molecular weight is 417 g/mol. The molecular formula is C20H23N3O5S. The highest BCUT2D eigenvalue weighted by Crippen LogP contribution is 2.23. The van der Waals surface area contributed by atoms with Gasteiger partial charge in [-0.25, -0.2) is 13.2 Å². The summed E-state index contributed by atoms with van der Waals surface area (Å²) in [5.41, 5.74) is 1.75. The van der Waals surface area contributed by atoms with Gasteiger partial charge in [0.25, 0.3) is 0 Å². The van der Waals surface area contributed by atoms with Crippen LogP contribution in [-0.4, -0.2) is 61.8 Å². The van der Waals surface area contributed by atoms with Gasteiger partial charge in [0.1, 0.15) is 5.75 Å². The number of rotatable bonds is 5. The average Bonchev–Trinajstić information content (AvgIpc) is 2.72. The Kier molecular flexibility index (Phi) is 6.17. The Bertz CT molecular complexity index is 974. The molecule has 0 N–H and O–H groups in total. The molecule has 2 aromatic rings. The normalized spacial score (nSPS) is 15.6. The van der Waals surface area contributed by atoms with Gasteiger partial charge in [0.2, 0.25) is 0 Å². The molecule has 1 aromatic carbocycles. The number of methoxy groups -OCH3 is 1. The summed E-state index contributed by atoms with van der Waals surface area (Å²) in [6, 6.07) is 10.1. The fourth-order valence-electron chi connectivity index (χ4n) is 2.99. The smallest absolute Gasteiger partial charge is 0.324 e. The first kappa shape index (κ1) is 20.8. The predicted octanol–water partition coefficient (Wildman–Crippen LogP) is 2.15. The summed E-state index contributed by atoms with van der Waals surface area (Å²) in [6.07, 6.45) is 1.49. The molecule has 1 aromatic heterocycles. The monoisotopic (exact) mass is 417 g/mol. The zero-order valence-corrected chi connectivity index (χ0v) is 17.2. The number of urea groups is 1. The number of ketones is 1. The van der Waals surface area contributed by atoms with Gasteiger partial charge in [-0.2, -0.15) is 0 Å². The maximum atomic E-state index is 13.2. The third-order valence-electron chi connectivity index (χ3n) is 4.78. The molecule has 1 aliphatic heterocycles. The summed E-state index contributed by atoms with van der Waals surface area (Å²) in [4.78, 5) is 32.0. The van der Waals surface area contributed by atoms with Crippen molar-refractivity contribution in [1.82, 2.24) is 9.88 Å². The number of pyridine rings is 1. The first-order valence-corrected chi connectivity index (χ1v) is 11.0. The SMILES string of the molecule is COc1ccc(N(Cc2ccc(C(C)=O)cn2)C(=O)N2CCS(=O)(=O)CC2)cc1. The fourth-order valence-corrected chi connectivity index (χ4v) is 4.20. The third kappa shape index (κ3) is 5.11. The summed E-state index contributed by atoms with van der Waals surface area (Å²) < 4.78 is 28.6. The number of anilines is 1. The van der Waals surface area contributed by atoms with E-state index < -0.39 is 9.84 Å². The lowest BCUT2D eigenvalue weighted by atomic mass is 10.2. The fraction of sp³-hybridized carbons (Fsp3) is 0.350. The second-order valence-corrected chi connectivity index (χ2v) is 9.10. The molecule has 0 bridgehead atoms. The number of hydrogen-bond donors (Lipinski definition) is 0. The van der Waals surface area contributed by atoms with E-state index >= 15 is 0 Å². The lowest BCUT2D eigenvalue weighted by Crippen LogP contribution is -2.49. The highest BCUT2D eigenvalue weighted by molar-refractivity contribution is 7.91. The van der Waals surface area contributed by atoms with Crippen LogP contribution in [0, 0.1) is 0 Å². The lowest BCUT2D eigenvalue weighted by Gasteiger charge is -2.33. The molecule has 0 atom stereocenters. The first-order chi connectivity index (χ1) is 13.8. The van der Waals surface area contributed by atoms with Crippen LogP contribution in [0.3, 0.4) is 0 Å². The number of sulfone groups is 1. The Labute approximate surface area is 170 Å². The first-order valence-electron chi connectivity index (χ1n) is 9.16. The molecule has 154 valence electrons. The van der Waals surface area contributed by atoms with Gasteiger partial charge in [0.15, 0.2) is 15.6 Å². The Morgan fingerprint density at radius 3 is 2.28 bits per heavy atom. The second-order valence-electron chi connectivity index (χ2n) is 6.80. The van der Waals surface area contributed by atoms with Gasteiger partial charge < -0.3 is 9.64 Å². The van der Waals surface area contributed by atoms with E-state index in [-0.39, 0.29) is 43.0 Å². The van der Waals surface area contributed by atoms with Crippen molar-refractivity contribution in [2.24, 2.45) is 0 Å². The molecule has 0 radical (unpaired) electrons. The molecule has 0 saturated carbocycles. The molecule has 0 unspecified atom stereocenters. The lowest BCUT2D eigenvalue weighted by molar-refractivity contribution is 0.101. The summed E-state index contributed by atoms with van der Waals surface area (Å²) in [5, 5.41) is 0. The number of Topliss-reactive ketones (excluding diaryl/α,β-unsaturated/α-hetero) is 1.